The molecular formula is C15H22O2. The minimum absolute atomic E-state index is 0.439. The van der Waals surface area contributed by atoms with Crippen LogP contribution in [0.25, 0.3) is 0 Å². The van der Waals surface area contributed by atoms with Crippen LogP contribution >= 0.6 is 0 Å². The fraction of sp³-hybridized carbons (Fsp3) is 0.600. The predicted octanol–water partition coefficient (Wildman–Crippen LogP) is 3.48. The molecule has 0 amide bonds. The Bertz CT molecular complexity index is 375. The van der Waals surface area contributed by atoms with Gasteiger partial charge in [-0.05, 0) is 42.9 Å². The summed E-state index contributed by atoms with van der Waals surface area (Å²) < 4.78 is 5.60. The van der Waals surface area contributed by atoms with Crippen LogP contribution in [0, 0.1) is 5.92 Å². The maximum Gasteiger partial charge on any atom is 0.119 e. The lowest BCUT2D eigenvalue weighted by Crippen LogP contribution is -2.09. The normalized spacial score (nSPS) is 26.9. The molecule has 1 aliphatic carbocycles. The standard InChI is InChI=1S/C15H22O2/c1-3-6-13-11-15(13,16)12-7-5-8-14(10-12)17-9-4-2/h5,7-8,10,13,16H,3-4,6,9,11H2,1-2H3. The molecule has 0 aromatic heterocycles. The first-order chi connectivity index (χ1) is 8.20. The van der Waals surface area contributed by atoms with Crippen LogP contribution in [0.15, 0.2) is 24.3 Å². The van der Waals surface area contributed by atoms with Gasteiger partial charge in [0, 0.05) is 0 Å². The average molecular weight is 234 g/mol. The molecule has 1 aromatic carbocycles. The van der Waals surface area contributed by atoms with Gasteiger partial charge in [0.05, 0.1) is 12.2 Å². The van der Waals surface area contributed by atoms with E-state index in [0.29, 0.717) is 5.92 Å². The molecule has 94 valence electrons. The van der Waals surface area contributed by atoms with E-state index in [1.54, 1.807) is 0 Å². The minimum atomic E-state index is -0.582. The van der Waals surface area contributed by atoms with Crippen molar-refractivity contribution in [3.63, 3.8) is 0 Å². The number of benzene rings is 1. The average Bonchev–Trinajstić information content (AvgIpc) is 3.00. The number of ether oxygens (including phenoxy) is 1. The Morgan fingerprint density at radius 2 is 2.18 bits per heavy atom. The zero-order valence-corrected chi connectivity index (χ0v) is 10.8. The van der Waals surface area contributed by atoms with Gasteiger partial charge in [0.1, 0.15) is 5.75 Å². The highest BCUT2D eigenvalue weighted by Gasteiger charge is 2.53. The number of aliphatic hydroxyl groups is 1. The van der Waals surface area contributed by atoms with E-state index in [4.69, 9.17) is 4.74 Å². The van der Waals surface area contributed by atoms with E-state index in [1.165, 1.54) is 0 Å². The Morgan fingerprint density at radius 3 is 2.88 bits per heavy atom. The maximum atomic E-state index is 10.5. The Kier molecular flexibility index (Phi) is 3.72. The zero-order valence-electron chi connectivity index (χ0n) is 10.8. The largest absolute Gasteiger partial charge is 0.494 e. The molecule has 2 rings (SSSR count). The number of rotatable bonds is 6. The maximum absolute atomic E-state index is 10.5. The lowest BCUT2D eigenvalue weighted by molar-refractivity contribution is 0.128. The molecular weight excluding hydrogens is 212 g/mol. The lowest BCUT2D eigenvalue weighted by Gasteiger charge is -2.13. The second kappa shape index (κ2) is 5.09. The fourth-order valence-electron chi connectivity index (χ4n) is 2.43. The highest BCUT2D eigenvalue weighted by molar-refractivity contribution is 5.36. The SMILES string of the molecule is CCCOc1cccc(C2(O)CC2CCC)c1. The van der Waals surface area contributed by atoms with Crippen LogP contribution in [0.5, 0.6) is 5.75 Å². The molecule has 0 saturated heterocycles. The summed E-state index contributed by atoms with van der Waals surface area (Å²) in [4.78, 5) is 0. The monoisotopic (exact) mass is 234 g/mol. The summed E-state index contributed by atoms with van der Waals surface area (Å²) in [5, 5.41) is 10.5. The molecule has 1 aromatic rings. The summed E-state index contributed by atoms with van der Waals surface area (Å²) in [6, 6.07) is 7.93. The molecule has 1 fully saturated rings. The van der Waals surface area contributed by atoms with Crippen molar-refractivity contribution in [1.82, 2.24) is 0 Å². The third-order valence-electron chi connectivity index (χ3n) is 3.52. The molecule has 1 aliphatic rings. The van der Waals surface area contributed by atoms with Crippen molar-refractivity contribution in [2.24, 2.45) is 5.92 Å². The molecule has 0 spiro atoms. The second-order valence-corrected chi connectivity index (χ2v) is 4.99. The van der Waals surface area contributed by atoms with Gasteiger partial charge >= 0.3 is 0 Å². The first-order valence-electron chi connectivity index (χ1n) is 6.66. The quantitative estimate of drug-likeness (QED) is 0.816. The summed E-state index contributed by atoms with van der Waals surface area (Å²) in [6.45, 7) is 5.00. The van der Waals surface area contributed by atoms with Crippen molar-refractivity contribution in [3.8, 4) is 5.75 Å². The van der Waals surface area contributed by atoms with Crippen LogP contribution < -0.4 is 4.74 Å². The van der Waals surface area contributed by atoms with Crippen LogP contribution in [0.4, 0.5) is 0 Å². The molecule has 1 N–H and O–H groups in total. The van der Waals surface area contributed by atoms with Gasteiger partial charge in [0.25, 0.3) is 0 Å². The van der Waals surface area contributed by atoms with Crippen LogP contribution in [0.2, 0.25) is 0 Å². The smallest absolute Gasteiger partial charge is 0.119 e. The van der Waals surface area contributed by atoms with Gasteiger partial charge in [-0.1, -0.05) is 32.4 Å². The molecule has 17 heavy (non-hydrogen) atoms. The van der Waals surface area contributed by atoms with Crippen molar-refractivity contribution in [1.29, 1.82) is 0 Å². The highest BCUT2D eigenvalue weighted by Crippen LogP contribution is 2.54. The third-order valence-corrected chi connectivity index (χ3v) is 3.52. The van der Waals surface area contributed by atoms with Gasteiger partial charge in [0.15, 0.2) is 0 Å². The first kappa shape index (κ1) is 12.4. The third kappa shape index (κ3) is 2.63. The molecule has 2 unspecified atom stereocenters. The summed E-state index contributed by atoms with van der Waals surface area (Å²) in [5.41, 5.74) is 0.436. The zero-order chi connectivity index (χ0) is 12.3. The molecule has 2 heteroatoms. The lowest BCUT2D eigenvalue weighted by atomic mass is 10.0. The van der Waals surface area contributed by atoms with E-state index in [9.17, 15) is 5.11 Å². The fourth-order valence-corrected chi connectivity index (χ4v) is 2.43. The molecule has 0 radical (unpaired) electrons. The molecule has 2 atom stereocenters. The van der Waals surface area contributed by atoms with Crippen molar-refractivity contribution in [3.05, 3.63) is 29.8 Å². The van der Waals surface area contributed by atoms with Gasteiger partial charge in [-0.2, -0.15) is 0 Å². The van der Waals surface area contributed by atoms with Crippen LogP contribution in [-0.4, -0.2) is 11.7 Å². The van der Waals surface area contributed by atoms with Crippen LogP contribution in [-0.2, 0) is 5.60 Å². The second-order valence-electron chi connectivity index (χ2n) is 4.99. The Hall–Kier alpha value is -1.02. The van der Waals surface area contributed by atoms with E-state index in [2.05, 4.69) is 13.8 Å². The summed E-state index contributed by atoms with van der Waals surface area (Å²) in [6.07, 6.45) is 4.15. The molecule has 0 aliphatic heterocycles. The molecule has 0 bridgehead atoms. The van der Waals surface area contributed by atoms with Crippen molar-refractivity contribution >= 4 is 0 Å². The summed E-state index contributed by atoms with van der Waals surface area (Å²) in [5.74, 6) is 1.31. The Morgan fingerprint density at radius 1 is 1.35 bits per heavy atom. The first-order valence-corrected chi connectivity index (χ1v) is 6.66. The predicted molar refractivity (Wildman–Crippen MR) is 69.1 cm³/mol. The number of hydrogen-bond acceptors (Lipinski definition) is 2. The summed E-state index contributed by atoms with van der Waals surface area (Å²) >= 11 is 0. The van der Waals surface area contributed by atoms with E-state index < -0.39 is 5.60 Å². The van der Waals surface area contributed by atoms with Gasteiger partial charge in [-0.15, -0.1) is 0 Å². The molecule has 2 nitrogen and oxygen atoms in total. The summed E-state index contributed by atoms with van der Waals surface area (Å²) in [7, 11) is 0. The van der Waals surface area contributed by atoms with Crippen LogP contribution in [0.1, 0.15) is 45.1 Å². The van der Waals surface area contributed by atoms with Gasteiger partial charge < -0.3 is 9.84 Å². The van der Waals surface area contributed by atoms with Crippen molar-refractivity contribution < 1.29 is 9.84 Å². The molecule has 1 saturated carbocycles. The highest BCUT2D eigenvalue weighted by atomic mass is 16.5. The van der Waals surface area contributed by atoms with Gasteiger partial charge in [0.2, 0.25) is 0 Å². The Labute approximate surface area is 104 Å². The van der Waals surface area contributed by atoms with E-state index >= 15 is 0 Å². The molecule has 0 heterocycles. The van der Waals surface area contributed by atoms with E-state index in [1.807, 2.05) is 24.3 Å². The van der Waals surface area contributed by atoms with E-state index in [-0.39, 0.29) is 0 Å². The van der Waals surface area contributed by atoms with Crippen molar-refractivity contribution in [2.45, 2.75) is 45.1 Å². The van der Waals surface area contributed by atoms with Crippen molar-refractivity contribution in [2.75, 3.05) is 6.61 Å². The van der Waals surface area contributed by atoms with Gasteiger partial charge in [-0.3, -0.25) is 0 Å². The topological polar surface area (TPSA) is 29.5 Å². The number of hydrogen-bond donors (Lipinski definition) is 1. The van der Waals surface area contributed by atoms with E-state index in [0.717, 1.165) is 43.6 Å². The van der Waals surface area contributed by atoms with Crippen LogP contribution in [0.3, 0.4) is 0 Å². The van der Waals surface area contributed by atoms with Gasteiger partial charge in [-0.25, -0.2) is 0 Å². The Balaban J connectivity index is 2.06. The minimum Gasteiger partial charge on any atom is -0.494 e.